The van der Waals surface area contributed by atoms with Crippen LogP contribution in [-0.4, -0.2) is 44.2 Å². The van der Waals surface area contributed by atoms with E-state index < -0.39 is 0 Å². The highest BCUT2D eigenvalue weighted by Gasteiger charge is 2.20. The van der Waals surface area contributed by atoms with Crippen LogP contribution in [-0.2, 0) is 0 Å². The minimum absolute atomic E-state index is 0.00257. The van der Waals surface area contributed by atoms with E-state index in [2.05, 4.69) is 10.2 Å². The predicted molar refractivity (Wildman–Crippen MR) is 69.1 cm³/mol. The molecule has 5 heteroatoms. The maximum Gasteiger partial charge on any atom is 0.317 e. The number of piperazine rings is 1. The Hall–Kier alpha value is -1.91. The molecule has 5 nitrogen and oxygen atoms in total. The number of nitrogens with one attached hydrogen (secondary N) is 1. The first-order valence-corrected chi connectivity index (χ1v) is 5.78. The highest BCUT2D eigenvalue weighted by Crippen LogP contribution is 2.18. The average Bonchev–Trinajstić information content (AvgIpc) is 2.38. The van der Waals surface area contributed by atoms with E-state index in [1.54, 1.807) is 7.05 Å². The third-order valence-electron chi connectivity index (χ3n) is 3.02. The Kier molecular flexibility index (Phi) is 3.37. The highest BCUT2D eigenvalue weighted by molar-refractivity contribution is 5.74. The van der Waals surface area contributed by atoms with Gasteiger partial charge in [0.1, 0.15) is 0 Å². The monoisotopic (exact) mass is 234 g/mol. The molecule has 1 aliphatic heterocycles. The summed E-state index contributed by atoms with van der Waals surface area (Å²) in [5.74, 6) is 0. The summed E-state index contributed by atoms with van der Waals surface area (Å²) in [6, 6.07) is 7.85. The zero-order valence-corrected chi connectivity index (χ0v) is 10.0. The van der Waals surface area contributed by atoms with Gasteiger partial charge >= 0.3 is 6.03 Å². The molecule has 1 heterocycles. The maximum absolute atomic E-state index is 11.4. The van der Waals surface area contributed by atoms with Crippen molar-refractivity contribution >= 4 is 17.4 Å². The molecular weight excluding hydrogens is 216 g/mol. The summed E-state index contributed by atoms with van der Waals surface area (Å²) < 4.78 is 0. The fraction of sp³-hybridized carbons (Fsp3) is 0.417. The summed E-state index contributed by atoms with van der Waals surface area (Å²) in [5, 5.41) is 2.65. The van der Waals surface area contributed by atoms with Crippen LogP contribution in [0.1, 0.15) is 0 Å². The molecule has 0 radical (unpaired) electrons. The molecule has 3 N–H and O–H groups in total. The molecule has 0 unspecified atom stereocenters. The average molecular weight is 234 g/mol. The van der Waals surface area contributed by atoms with Gasteiger partial charge in [-0.05, 0) is 18.2 Å². The number of carbonyl (C=O) groups excluding carboxylic acids is 1. The van der Waals surface area contributed by atoms with E-state index in [-0.39, 0.29) is 6.03 Å². The Morgan fingerprint density at radius 2 is 2.00 bits per heavy atom. The van der Waals surface area contributed by atoms with Gasteiger partial charge in [-0.3, -0.25) is 0 Å². The van der Waals surface area contributed by atoms with E-state index in [0.717, 1.165) is 37.6 Å². The van der Waals surface area contributed by atoms with Crippen LogP contribution < -0.4 is 16.0 Å². The van der Waals surface area contributed by atoms with Gasteiger partial charge in [0, 0.05) is 44.6 Å². The number of anilines is 2. The number of amides is 2. The predicted octanol–water partition coefficient (Wildman–Crippen LogP) is 0.730. The highest BCUT2D eigenvalue weighted by atomic mass is 16.2. The van der Waals surface area contributed by atoms with Gasteiger partial charge in [-0.25, -0.2) is 4.79 Å². The second-order valence-electron chi connectivity index (χ2n) is 4.12. The van der Waals surface area contributed by atoms with Crippen LogP contribution in [0.3, 0.4) is 0 Å². The summed E-state index contributed by atoms with van der Waals surface area (Å²) in [4.78, 5) is 15.5. The van der Waals surface area contributed by atoms with Crippen molar-refractivity contribution in [3.8, 4) is 0 Å². The van der Waals surface area contributed by atoms with Gasteiger partial charge in [-0.1, -0.05) is 6.07 Å². The Bertz CT molecular complexity index is 399. The number of hydrogen-bond acceptors (Lipinski definition) is 3. The summed E-state index contributed by atoms with van der Waals surface area (Å²) in [7, 11) is 1.66. The molecule has 0 aliphatic carbocycles. The minimum Gasteiger partial charge on any atom is -0.399 e. The van der Waals surface area contributed by atoms with Crippen molar-refractivity contribution in [2.24, 2.45) is 0 Å². The summed E-state index contributed by atoms with van der Waals surface area (Å²) in [6.07, 6.45) is 0. The molecule has 2 rings (SSSR count). The normalized spacial score (nSPS) is 15.8. The van der Waals surface area contributed by atoms with Gasteiger partial charge in [0.2, 0.25) is 0 Å². The van der Waals surface area contributed by atoms with Crippen molar-refractivity contribution < 1.29 is 4.79 Å². The molecule has 2 amide bonds. The Morgan fingerprint density at radius 1 is 1.29 bits per heavy atom. The lowest BCUT2D eigenvalue weighted by Crippen LogP contribution is -2.51. The van der Waals surface area contributed by atoms with E-state index in [1.165, 1.54) is 0 Å². The number of nitrogen functional groups attached to an aromatic ring is 1. The van der Waals surface area contributed by atoms with Gasteiger partial charge in [-0.2, -0.15) is 0 Å². The van der Waals surface area contributed by atoms with Crippen molar-refractivity contribution in [1.29, 1.82) is 0 Å². The second kappa shape index (κ2) is 4.95. The van der Waals surface area contributed by atoms with Gasteiger partial charge < -0.3 is 20.9 Å². The lowest BCUT2D eigenvalue weighted by molar-refractivity contribution is 0.196. The molecule has 0 atom stereocenters. The van der Waals surface area contributed by atoms with Gasteiger partial charge in [-0.15, -0.1) is 0 Å². The number of carbonyl (C=O) groups is 1. The molecule has 1 aromatic rings. The van der Waals surface area contributed by atoms with Crippen LogP contribution in [0, 0.1) is 0 Å². The number of urea groups is 1. The first-order chi connectivity index (χ1) is 8.20. The van der Waals surface area contributed by atoms with E-state index in [4.69, 9.17) is 5.73 Å². The fourth-order valence-corrected chi connectivity index (χ4v) is 2.05. The standard InChI is InChI=1S/C12H18N4O/c1-14-12(17)16-7-5-15(6-8-16)11-4-2-3-10(13)9-11/h2-4,9H,5-8,13H2,1H3,(H,14,17). The molecule has 1 aromatic carbocycles. The van der Waals surface area contributed by atoms with Crippen LogP contribution in [0.25, 0.3) is 0 Å². The minimum atomic E-state index is -0.00257. The Labute approximate surface area is 101 Å². The molecule has 92 valence electrons. The molecule has 0 saturated carbocycles. The number of hydrogen-bond donors (Lipinski definition) is 2. The molecule has 0 spiro atoms. The van der Waals surface area contributed by atoms with Crippen LogP contribution in [0.2, 0.25) is 0 Å². The summed E-state index contributed by atoms with van der Waals surface area (Å²) >= 11 is 0. The maximum atomic E-state index is 11.4. The lowest BCUT2D eigenvalue weighted by Gasteiger charge is -2.35. The summed E-state index contributed by atoms with van der Waals surface area (Å²) in [6.45, 7) is 3.18. The first-order valence-electron chi connectivity index (χ1n) is 5.78. The van der Waals surface area contributed by atoms with Crippen molar-refractivity contribution in [3.05, 3.63) is 24.3 Å². The topological polar surface area (TPSA) is 61.6 Å². The SMILES string of the molecule is CNC(=O)N1CCN(c2cccc(N)c2)CC1. The van der Waals surface area contributed by atoms with E-state index >= 15 is 0 Å². The van der Waals surface area contributed by atoms with Crippen LogP contribution in [0.4, 0.5) is 16.2 Å². The van der Waals surface area contributed by atoms with Gasteiger partial charge in [0.25, 0.3) is 0 Å². The van der Waals surface area contributed by atoms with Gasteiger partial charge in [0.05, 0.1) is 0 Å². The Morgan fingerprint density at radius 3 is 2.59 bits per heavy atom. The number of rotatable bonds is 1. The van der Waals surface area contributed by atoms with Crippen LogP contribution in [0.5, 0.6) is 0 Å². The largest absolute Gasteiger partial charge is 0.399 e. The van der Waals surface area contributed by atoms with E-state index in [0.29, 0.717) is 0 Å². The number of nitrogens with two attached hydrogens (primary N) is 1. The van der Waals surface area contributed by atoms with Crippen molar-refractivity contribution in [1.82, 2.24) is 10.2 Å². The quantitative estimate of drug-likeness (QED) is 0.704. The van der Waals surface area contributed by atoms with Crippen molar-refractivity contribution in [3.63, 3.8) is 0 Å². The zero-order valence-electron chi connectivity index (χ0n) is 10.0. The first kappa shape index (κ1) is 11.6. The van der Waals surface area contributed by atoms with Crippen molar-refractivity contribution in [2.45, 2.75) is 0 Å². The van der Waals surface area contributed by atoms with Crippen LogP contribution in [0.15, 0.2) is 24.3 Å². The van der Waals surface area contributed by atoms with Crippen LogP contribution >= 0.6 is 0 Å². The number of nitrogens with zero attached hydrogens (tertiary/aromatic N) is 2. The smallest absolute Gasteiger partial charge is 0.317 e. The fourth-order valence-electron chi connectivity index (χ4n) is 2.05. The zero-order chi connectivity index (χ0) is 12.3. The third kappa shape index (κ3) is 2.61. The molecule has 17 heavy (non-hydrogen) atoms. The van der Waals surface area contributed by atoms with Crippen molar-refractivity contribution in [2.75, 3.05) is 43.9 Å². The lowest BCUT2D eigenvalue weighted by atomic mass is 10.2. The molecule has 1 saturated heterocycles. The van der Waals surface area contributed by atoms with Gasteiger partial charge in [0.15, 0.2) is 0 Å². The second-order valence-corrected chi connectivity index (χ2v) is 4.12. The Balaban J connectivity index is 1.97. The molecule has 0 aromatic heterocycles. The van der Waals surface area contributed by atoms with E-state index in [1.807, 2.05) is 29.2 Å². The summed E-state index contributed by atoms with van der Waals surface area (Å²) in [5.41, 5.74) is 7.66. The third-order valence-corrected chi connectivity index (χ3v) is 3.02. The molecule has 1 fully saturated rings. The molecule has 0 bridgehead atoms. The molecule has 1 aliphatic rings. The van der Waals surface area contributed by atoms with E-state index in [9.17, 15) is 4.79 Å². The number of benzene rings is 1. The molecular formula is C12H18N4O.